The number of ether oxygens (including phenoxy) is 2. The van der Waals surface area contributed by atoms with Crippen LogP contribution in [0.1, 0.15) is 40.5 Å². The van der Waals surface area contributed by atoms with E-state index in [0.29, 0.717) is 47.1 Å². The summed E-state index contributed by atoms with van der Waals surface area (Å²) in [5.41, 5.74) is 3.30. The summed E-state index contributed by atoms with van der Waals surface area (Å²) in [7, 11) is 1.53. The van der Waals surface area contributed by atoms with Crippen molar-refractivity contribution in [2.75, 3.05) is 31.8 Å². The van der Waals surface area contributed by atoms with E-state index in [2.05, 4.69) is 15.2 Å². The van der Waals surface area contributed by atoms with Gasteiger partial charge in [-0.1, -0.05) is 11.6 Å². The minimum absolute atomic E-state index is 0.133. The first-order valence-electron chi connectivity index (χ1n) is 11.2. The second-order valence-corrected chi connectivity index (χ2v) is 9.04. The first-order chi connectivity index (χ1) is 16.5. The lowest BCUT2D eigenvalue weighted by atomic mass is 9.99. The van der Waals surface area contributed by atoms with Gasteiger partial charge in [0.15, 0.2) is 0 Å². The molecule has 0 atom stereocenters. The third-order valence-electron chi connectivity index (χ3n) is 6.70. The summed E-state index contributed by atoms with van der Waals surface area (Å²) in [6.07, 6.45) is 2.34. The number of halogens is 1. The van der Waals surface area contributed by atoms with Gasteiger partial charge in [0.2, 0.25) is 5.65 Å². The van der Waals surface area contributed by atoms with Crippen molar-refractivity contribution in [2.45, 2.75) is 25.2 Å². The van der Waals surface area contributed by atoms with Crippen LogP contribution in [0.2, 0.25) is 5.02 Å². The maximum Gasteiger partial charge on any atom is 0.294 e. The molecule has 0 aliphatic carbocycles. The molecule has 34 heavy (non-hydrogen) atoms. The van der Waals surface area contributed by atoms with Crippen LogP contribution < -0.4 is 15.2 Å². The lowest BCUT2D eigenvalue weighted by Gasteiger charge is -2.21. The number of hydrogen-bond donors (Lipinski definition) is 1. The Bertz CT molecular complexity index is 1510. The molecular formula is C24H22ClN5O4. The van der Waals surface area contributed by atoms with Crippen LogP contribution in [0.3, 0.4) is 0 Å². The van der Waals surface area contributed by atoms with E-state index in [1.807, 2.05) is 12.1 Å². The van der Waals surface area contributed by atoms with Gasteiger partial charge in [-0.3, -0.25) is 14.0 Å². The molecular weight excluding hydrogens is 458 g/mol. The molecule has 1 saturated heterocycles. The number of fused-ring (bicyclic) bond motifs is 4. The summed E-state index contributed by atoms with van der Waals surface area (Å²) in [6.45, 7) is 1.83. The number of aromatic amines is 1. The summed E-state index contributed by atoms with van der Waals surface area (Å²) in [5.74, 6) is 1.07. The molecule has 2 aromatic heterocycles. The first-order valence-corrected chi connectivity index (χ1v) is 11.6. The van der Waals surface area contributed by atoms with Gasteiger partial charge in [-0.2, -0.15) is 0 Å². The molecule has 9 nitrogen and oxygen atoms in total. The standard InChI is InChI=1S/C24H22ClN5O4/c1-33-20-12-19-17(11-16(20)24(32)29-7-4-14-10-15(25)2-3-18(14)29)26-23(31)22-28-27-21(30(19)22)13-5-8-34-9-6-13/h2-3,10-13H,4-9H2,1H3,(H,26,31). The average Bonchev–Trinajstić information content (AvgIpc) is 3.48. The Labute approximate surface area is 199 Å². The zero-order valence-corrected chi connectivity index (χ0v) is 19.3. The number of anilines is 1. The number of methoxy groups -OCH3 is 1. The van der Waals surface area contributed by atoms with E-state index in [0.717, 1.165) is 36.3 Å². The quantitative estimate of drug-likeness (QED) is 0.483. The number of nitrogens with zero attached hydrogens (tertiary/aromatic N) is 4. The molecule has 4 heterocycles. The van der Waals surface area contributed by atoms with Gasteiger partial charge in [-0.15, -0.1) is 10.2 Å². The van der Waals surface area contributed by atoms with Gasteiger partial charge in [0.1, 0.15) is 11.6 Å². The van der Waals surface area contributed by atoms with Gasteiger partial charge in [0, 0.05) is 42.5 Å². The van der Waals surface area contributed by atoms with Crippen molar-refractivity contribution >= 4 is 39.9 Å². The van der Waals surface area contributed by atoms with Gasteiger partial charge in [-0.05, 0) is 49.1 Å². The molecule has 1 fully saturated rings. The molecule has 0 unspecified atom stereocenters. The topological polar surface area (TPSA) is 102 Å². The fourth-order valence-corrected chi connectivity index (χ4v) is 5.19. The third-order valence-corrected chi connectivity index (χ3v) is 6.93. The summed E-state index contributed by atoms with van der Waals surface area (Å²) in [6, 6.07) is 8.98. The third kappa shape index (κ3) is 3.26. The number of nitrogens with one attached hydrogen (secondary N) is 1. The summed E-state index contributed by atoms with van der Waals surface area (Å²) in [4.78, 5) is 31.0. The number of carbonyl (C=O) groups excluding carboxylic acids is 1. The predicted octanol–water partition coefficient (Wildman–Crippen LogP) is 3.33. The summed E-state index contributed by atoms with van der Waals surface area (Å²) in [5, 5.41) is 9.15. The van der Waals surface area contributed by atoms with Crippen LogP contribution in [0, 0.1) is 0 Å². The molecule has 0 radical (unpaired) electrons. The molecule has 1 N–H and O–H groups in total. The molecule has 6 rings (SSSR count). The summed E-state index contributed by atoms with van der Waals surface area (Å²) < 4.78 is 12.9. The van der Waals surface area contributed by atoms with E-state index in [9.17, 15) is 9.59 Å². The Morgan fingerprint density at radius 1 is 1.21 bits per heavy atom. The molecule has 4 aromatic rings. The second kappa shape index (κ2) is 8.11. The van der Waals surface area contributed by atoms with Gasteiger partial charge in [0.25, 0.3) is 11.5 Å². The largest absolute Gasteiger partial charge is 0.496 e. The second-order valence-electron chi connectivity index (χ2n) is 8.61. The number of carbonyl (C=O) groups is 1. The number of H-pyrrole nitrogens is 1. The van der Waals surface area contributed by atoms with Crippen LogP contribution in [0.25, 0.3) is 16.7 Å². The average molecular weight is 480 g/mol. The number of amides is 1. The normalized spacial score (nSPS) is 16.4. The van der Waals surface area contributed by atoms with Crippen molar-refractivity contribution in [3.8, 4) is 5.75 Å². The van der Waals surface area contributed by atoms with E-state index in [-0.39, 0.29) is 23.0 Å². The van der Waals surface area contributed by atoms with Crippen LogP contribution in [0.15, 0.2) is 35.1 Å². The van der Waals surface area contributed by atoms with Crippen LogP contribution in [0.5, 0.6) is 5.75 Å². The minimum atomic E-state index is -0.358. The molecule has 0 saturated carbocycles. The zero-order valence-electron chi connectivity index (χ0n) is 18.5. The van der Waals surface area contributed by atoms with Gasteiger partial charge < -0.3 is 19.4 Å². The van der Waals surface area contributed by atoms with Gasteiger partial charge in [-0.25, -0.2) is 0 Å². The Morgan fingerprint density at radius 2 is 2.03 bits per heavy atom. The van der Waals surface area contributed by atoms with Crippen LogP contribution >= 0.6 is 11.6 Å². The van der Waals surface area contributed by atoms with Gasteiger partial charge >= 0.3 is 0 Å². The highest BCUT2D eigenvalue weighted by atomic mass is 35.5. The van der Waals surface area contributed by atoms with E-state index in [4.69, 9.17) is 21.1 Å². The zero-order chi connectivity index (χ0) is 23.4. The molecule has 2 aliphatic rings. The van der Waals surface area contributed by atoms with Crippen molar-refractivity contribution in [1.82, 2.24) is 19.6 Å². The fourth-order valence-electron chi connectivity index (χ4n) is 5.00. The van der Waals surface area contributed by atoms with E-state index >= 15 is 0 Å². The predicted molar refractivity (Wildman–Crippen MR) is 127 cm³/mol. The maximum absolute atomic E-state index is 13.6. The SMILES string of the molecule is COc1cc2c(cc1C(=O)N1CCc3cc(Cl)ccc31)[nH]c(=O)c1nnc(C3CCOCC3)n12. The maximum atomic E-state index is 13.6. The molecule has 0 bridgehead atoms. The van der Waals surface area contributed by atoms with Crippen molar-refractivity contribution in [3.63, 3.8) is 0 Å². The Morgan fingerprint density at radius 3 is 2.82 bits per heavy atom. The van der Waals surface area contributed by atoms with Gasteiger partial charge in [0.05, 0.1) is 23.7 Å². The monoisotopic (exact) mass is 479 g/mol. The Kier molecular flexibility index (Phi) is 5.04. The van der Waals surface area contributed by atoms with Crippen LogP contribution in [0.4, 0.5) is 5.69 Å². The molecule has 2 aromatic carbocycles. The van der Waals surface area contributed by atoms with Crippen molar-refractivity contribution in [1.29, 1.82) is 0 Å². The highest BCUT2D eigenvalue weighted by Crippen LogP contribution is 2.35. The number of hydrogen-bond acceptors (Lipinski definition) is 6. The van der Waals surface area contributed by atoms with E-state index < -0.39 is 0 Å². The lowest BCUT2D eigenvalue weighted by molar-refractivity contribution is 0.0834. The molecule has 10 heteroatoms. The smallest absolute Gasteiger partial charge is 0.294 e. The highest BCUT2D eigenvalue weighted by Gasteiger charge is 2.29. The molecule has 1 amide bonds. The fraction of sp³-hybridized carbons (Fsp3) is 0.333. The Hall–Kier alpha value is -3.43. The Balaban J connectivity index is 1.50. The van der Waals surface area contributed by atoms with Crippen molar-refractivity contribution < 1.29 is 14.3 Å². The van der Waals surface area contributed by atoms with Crippen LogP contribution in [-0.4, -0.2) is 52.4 Å². The van der Waals surface area contributed by atoms with Crippen molar-refractivity contribution in [3.05, 3.63) is 62.7 Å². The molecule has 174 valence electrons. The molecule has 0 spiro atoms. The number of rotatable bonds is 3. The minimum Gasteiger partial charge on any atom is -0.496 e. The number of benzene rings is 2. The molecule has 2 aliphatic heterocycles. The van der Waals surface area contributed by atoms with Crippen LogP contribution in [-0.2, 0) is 11.2 Å². The number of aromatic nitrogens is 4. The van der Waals surface area contributed by atoms with E-state index in [1.54, 1.807) is 27.5 Å². The van der Waals surface area contributed by atoms with E-state index in [1.165, 1.54) is 7.11 Å². The first kappa shape index (κ1) is 21.1. The van der Waals surface area contributed by atoms with Crippen molar-refractivity contribution in [2.24, 2.45) is 0 Å². The lowest BCUT2D eigenvalue weighted by Crippen LogP contribution is -2.29. The summed E-state index contributed by atoms with van der Waals surface area (Å²) >= 11 is 6.13. The highest BCUT2D eigenvalue weighted by molar-refractivity contribution is 6.30.